The van der Waals surface area contributed by atoms with E-state index in [1.165, 1.54) is 38.5 Å². The number of piperidine rings is 1. The SMILES string of the molecule is O=C(O)C1CCO[C@H]1C1CCN(C(=O)CCCC2CCCCC2)CC1. The molecule has 1 aliphatic carbocycles. The predicted molar refractivity (Wildman–Crippen MR) is 95.2 cm³/mol. The molecule has 1 amide bonds. The second-order valence-electron chi connectivity index (χ2n) is 8.18. The summed E-state index contributed by atoms with van der Waals surface area (Å²) in [5.74, 6) is 0.331. The van der Waals surface area contributed by atoms with Crippen LogP contribution in [0.5, 0.6) is 0 Å². The van der Waals surface area contributed by atoms with Gasteiger partial charge in [0.25, 0.3) is 0 Å². The minimum atomic E-state index is -0.733. The Balaban J connectivity index is 1.36. The summed E-state index contributed by atoms with van der Waals surface area (Å²) in [7, 11) is 0. The molecular weight excluding hydrogens is 318 g/mol. The van der Waals surface area contributed by atoms with E-state index in [2.05, 4.69) is 0 Å². The standard InChI is InChI=1S/C20H33NO4/c22-18(8-4-7-15-5-2-1-3-6-15)21-12-9-16(10-13-21)19-17(20(23)24)11-14-25-19/h15-17,19H,1-14H2,(H,23,24)/t17?,19-/m0/s1. The number of aliphatic carboxylic acids is 1. The number of carboxylic acids is 1. The minimum absolute atomic E-state index is 0.152. The van der Waals surface area contributed by atoms with Crippen molar-refractivity contribution in [3.63, 3.8) is 0 Å². The van der Waals surface area contributed by atoms with E-state index >= 15 is 0 Å². The van der Waals surface area contributed by atoms with E-state index in [0.717, 1.165) is 38.3 Å². The lowest BCUT2D eigenvalue weighted by atomic mass is 9.84. The fraction of sp³-hybridized carbons (Fsp3) is 0.900. The van der Waals surface area contributed by atoms with Crippen LogP contribution in [0.1, 0.15) is 70.6 Å². The molecule has 0 bridgehead atoms. The Morgan fingerprint density at radius 1 is 1.00 bits per heavy atom. The molecule has 0 aromatic carbocycles. The molecular formula is C20H33NO4. The third kappa shape index (κ3) is 4.96. The monoisotopic (exact) mass is 351 g/mol. The van der Waals surface area contributed by atoms with Crippen molar-refractivity contribution in [1.82, 2.24) is 4.90 Å². The van der Waals surface area contributed by atoms with Gasteiger partial charge in [0.1, 0.15) is 0 Å². The number of likely N-dealkylation sites (tertiary alicyclic amines) is 1. The van der Waals surface area contributed by atoms with Crippen LogP contribution in [-0.2, 0) is 14.3 Å². The maximum atomic E-state index is 12.4. The average Bonchev–Trinajstić information content (AvgIpc) is 3.13. The fourth-order valence-corrected chi connectivity index (χ4v) is 4.99. The van der Waals surface area contributed by atoms with Gasteiger partial charge in [0.05, 0.1) is 12.0 Å². The van der Waals surface area contributed by atoms with Gasteiger partial charge in [0.2, 0.25) is 5.91 Å². The van der Waals surface area contributed by atoms with Gasteiger partial charge in [-0.2, -0.15) is 0 Å². The molecule has 0 radical (unpaired) electrons. The number of hydrogen-bond acceptors (Lipinski definition) is 3. The van der Waals surface area contributed by atoms with Crippen LogP contribution in [0.15, 0.2) is 0 Å². The molecule has 2 saturated heterocycles. The summed E-state index contributed by atoms with van der Waals surface area (Å²) < 4.78 is 5.71. The van der Waals surface area contributed by atoms with E-state index in [1.54, 1.807) is 0 Å². The molecule has 142 valence electrons. The lowest BCUT2D eigenvalue weighted by molar-refractivity contribution is -0.146. The van der Waals surface area contributed by atoms with Crippen molar-refractivity contribution in [2.24, 2.45) is 17.8 Å². The highest BCUT2D eigenvalue weighted by molar-refractivity contribution is 5.76. The van der Waals surface area contributed by atoms with Crippen LogP contribution in [0.4, 0.5) is 0 Å². The van der Waals surface area contributed by atoms with Gasteiger partial charge in [-0.05, 0) is 43.9 Å². The smallest absolute Gasteiger partial charge is 0.309 e. The first-order chi connectivity index (χ1) is 12.1. The zero-order chi connectivity index (χ0) is 17.6. The van der Waals surface area contributed by atoms with Crippen molar-refractivity contribution in [2.45, 2.75) is 76.7 Å². The van der Waals surface area contributed by atoms with Gasteiger partial charge >= 0.3 is 5.97 Å². The first-order valence-electron chi connectivity index (χ1n) is 10.3. The first kappa shape index (κ1) is 18.7. The van der Waals surface area contributed by atoms with E-state index < -0.39 is 5.97 Å². The highest BCUT2D eigenvalue weighted by Gasteiger charge is 2.40. The lowest BCUT2D eigenvalue weighted by Crippen LogP contribution is -2.43. The summed E-state index contributed by atoms with van der Waals surface area (Å²) in [5, 5.41) is 9.31. The van der Waals surface area contributed by atoms with Crippen molar-refractivity contribution >= 4 is 11.9 Å². The first-order valence-corrected chi connectivity index (χ1v) is 10.3. The van der Waals surface area contributed by atoms with Crippen LogP contribution >= 0.6 is 0 Å². The molecule has 0 aromatic rings. The number of amides is 1. The molecule has 1 unspecified atom stereocenters. The van der Waals surface area contributed by atoms with Gasteiger partial charge in [-0.3, -0.25) is 9.59 Å². The van der Waals surface area contributed by atoms with E-state index in [4.69, 9.17) is 4.74 Å². The molecule has 2 aliphatic heterocycles. The largest absolute Gasteiger partial charge is 0.481 e. The Kier molecular flexibility index (Phi) is 6.74. The van der Waals surface area contributed by atoms with Gasteiger partial charge in [-0.1, -0.05) is 32.1 Å². The highest BCUT2D eigenvalue weighted by Crippen LogP contribution is 2.33. The third-order valence-electron chi connectivity index (χ3n) is 6.54. The number of carbonyl (C=O) groups excluding carboxylic acids is 1. The number of nitrogens with zero attached hydrogens (tertiary/aromatic N) is 1. The Hall–Kier alpha value is -1.10. The van der Waals surface area contributed by atoms with Crippen LogP contribution in [0.2, 0.25) is 0 Å². The number of hydrogen-bond donors (Lipinski definition) is 1. The second-order valence-corrected chi connectivity index (χ2v) is 8.18. The van der Waals surface area contributed by atoms with Crippen LogP contribution in [0, 0.1) is 17.8 Å². The fourth-order valence-electron chi connectivity index (χ4n) is 4.99. The van der Waals surface area contributed by atoms with Crippen LogP contribution in [0.25, 0.3) is 0 Å². The van der Waals surface area contributed by atoms with Crippen molar-refractivity contribution in [2.75, 3.05) is 19.7 Å². The Morgan fingerprint density at radius 2 is 1.72 bits per heavy atom. The topological polar surface area (TPSA) is 66.8 Å². The summed E-state index contributed by atoms with van der Waals surface area (Å²) in [6.45, 7) is 2.08. The second kappa shape index (κ2) is 9.02. The van der Waals surface area contributed by atoms with E-state index in [1.807, 2.05) is 4.90 Å². The van der Waals surface area contributed by atoms with Gasteiger partial charge in [0.15, 0.2) is 0 Å². The number of rotatable bonds is 6. The van der Waals surface area contributed by atoms with Gasteiger partial charge in [-0.15, -0.1) is 0 Å². The molecule has 25 heavy (non-hydrogen) atoms. The Labute approximate surface area is 151 Å². The molecule has 5 heteroatoms. The average molecular weight is 351 g/mol. The number of ether oxygens (including phenoxy) is 1. The van der Waals surface area contributed by atoms with Crippen LogP contribution < -0.4 is 0 Å². The zero-order valence-corrected chi connectivity index (χ0v) is 15.3. The van der Waals surface area contributed by atoms with E-state index in [0.29, 0.717) is 19.4 Å². The highest BCUT2D eigenvalue weighted by atomic mass is 16.5. The molecule has 5 nitrogen and oxygen atoms in total. The molecule has 0 aromatic heterocycles. The Morgan fingerprint density at radius 3 is 2.40 bits per heavy atom. The third-order valence-corrected chi connectivity index (χ3v) is 6.54. The maximum Gasteiger partial charge on any atom is 0.309 e. The minimum Gasteiger partial charge on any atom is -0.481 e. The molecule has 1 N–H and O–H groups in total. The van der Waals surface area contributed by atoms with Gasteiger partial charge in [-0.25, -0.2) is 0 Å². The van der Waals surface area contributed by atoms with E-state index in [9.17, 15) is 14.7 Å². The quantitative estimate of drug-likeness (QED) is 0.796. The summed E-state index contributed by atoms with van der Waals surface area (Å²) in [5.41, 5.74) is 0. The van der Waals surface area contributed by atoms with E-state index in [-0.39, 0.29) is 23.8 Å². The molecule has 2 atom stereocenters. The van der Waals surface area contributed by atoms with Crippen molar-refractivity contribution in [3.8, 4) is 0 Å². The van der Waals surface area contributed by atoms with Crippen LogP contribution in [0.3, 0.4) is 0 Å². The molecule has 3 aliphatic rings. The van der Waals surface area contributed by atoms with Gasteiger partial charge in [0, 0.05) is 26.1 Å². The van der Waals surface area contributed by atoms with Crippen molar-refractivity contribution in [3.05, 3.63) is 0 Å². The summed E-state index contributed by atoms with van der Waals surface area (Å²) >= 11 is 0. The van der Waals surface area contributed by atoms with Crippen molar-refractivity contribution < 1.29 is 19.4 Å². The molecule has 2 heterocycles. The number of carboxylic acid groups (broad SMARTS) is 1. The maximum absolute atomic E-state index is 12.4. The summed E-state index contributed by atoms with van der Waals surface area (Å²) in [6.07, 6.45) is 12.0. The molecule has 3 fully saturated rings. The Bertz CT molecular complexity index is 453. The summed E-state index contributed by atoms with van der Waals surface area (Å²) in [6, 6.07) is 0. The number of carbonyl (C=O) groups is 2. The van der Waals surface area contributed by atoms with Gasteiger partial charge < -0.3 is 14.7 Å². The molecule has 0 spiro atoms. The zero-order valence-electron chi connectivity index (χ0n) is 15.3. The van der Waals surface area contributed by atoms with Crippen molar-refractivity contribution in [1.29, 1.82) is 0 Å². The molecule has 3 rings (SSSR count). The normalized spacial score (nSPS) is 29.0. The summed E-state index contributed by atoms with van der Waals surface area (Å²) in [4.78, 5) is 25.8. The predicted octanol–water partition coefficient (Wildman–Crippen LogP) is 3.47. The van der Waals surface area contributed by atoms with Crippen LogP contribution in [-0.4, -0.2) is 47.7 Å². The molecule has 1 saturated carbocycles. The lowest BCUT2D eigenvalue weighted by Gasteiger charge is -2.35.